The minimum absolute atomic E-state index is 0.0146. The fourth-order valence-electron chi connectivity index (χ4n) is 1.94. The summed E-state index contributed by atoms with van der Waals surface area (Å²) in [4.78, 5) is 24.6. The van der Waals surface area contributed by atoms with Crippen molar-refractivity contribution >= 4 is 22.0 Å². The summed E-state index contributed by atoms with van der Waals surface area (Å²) in [6, 6.07) is 5.38. The predicted octanol–water partition coefficient (Wildman–Crippen LogP) is 0.215. The number of aryl methyl sites for hydroxylation is 1. The van der Waals surface area contributed by atoms with Crippen LogP contribution in [-0.4, -0.2) is 44.9 Å². The van der Waals surface area contributed by atoms with Crippen LogP contribution in [0.25, 0.3) is 0 Å². The first-order valence-corrected chi connectivity index (χ1v) is 8.02. The third-order valence-electron chi connectivity index (χ3n) is 3.10. The number of nitrogens with zero attached hydrogens (tertiary/aromatic N) is 1. The molecule has 8 heteroatoms. The molecule has 1 aromatic rings. The molecular formula is C13H17N3O4S. The van der Waals surface area contributed by atoms with E-state index < -0.39 is 16.1 Å². The number of benzene rings is 1. The first-order chi connectivity index (χ1) is 9.88. The van der Waals surface area contributed by atoms with Gasteiger partial charge in [-0.25, -0.2) is 17.9 Å². The minimum atomic E-state index is -3.93. The molecule has 1 aromatic carbocycles. The Hall–Kier alpha value is -2.09. The van der Waals surface area contributed by atoms with Crippen molar-refractivity contribution < 1.29 is 18.0 Å². The Morgan fingerprint density at radius 3 is 2.62 bits per heavy atom. The largest absolute Gasteiger partial charge is 0.354 e. The van der Waals surface area contributed by atoms with Crippen molar-refractivity contribution in [3.8, 4) is 0 Å². The monoisotopic (exact) mass is 311 g/mol. The zero-order valence-corrected chi connectivity index (χ0v) is 12.4. The summed E-state index contributed by atoms with van der Waals surface area (Å²) in [5, 5.41) is 2.62. The molecule has 1 heterocycles. The van der Waals surface area contributed by atoms with Gasteiger partial charge < -0.3 is 10.2 Å². The lowest BCUT2D eigenvalue weighted by Crippen LogP contribution is -2.45. The summed E-state index contributed by atoms with van der Waals surface area (Å²) in [6.45, 7) is 2.50. The van der Waals surface area contributed by atoms with Crippen molar-refractivity contribution in [2.75, 3.05) is 19.6 Å². The molecule has 0 aliphatic carbocycles. The van der Waals surface area contributed by atoms with Gasteiger partial charge in [-0.2, -0.15) is 0 Å². The smallest absolute Gasteiger partial charge is 0.331 e. The van der Waals surface area contributed by atoms with Gasteiger partial charge in [0, 0.05) is 13.1 Å². The molecule has 0 atom stereocenters. The van der Waals surface area contributed by atoms with Gasteiger partial charge in [0.1, 0.15) is 6.54 Å². The van der Waals surface area contributed by atoms with Crippen LogP contribution in [0.15, 0.2) is 29.2 Å². The third kappa shape index (κ3) is 3.94. The van der Waals surface area contributed by atoms with E-state index in [9.17, 15) is 18.0 Å². The molecule has 7 nitrogen and oxygen atoms in total. The van der Waals surface area contributed by atoms with Crippen LogP contribution in [0.1, 0.15) is 12.0 Å². The number of carbonyl (C=O) groups is 2. The van der Waals surface area contributed by atoms with E-state index in [1.165, 1.54) is 17.0 Å². The highest BCUT2D eigenvalue weighted by Gasteiger charge is 2.24. The molecule has 3 amide bonds. The zero-order valence-electron chi connectivity index (χ0n) is 11.6. The fourth-order valence-corrected chi connectivity index (χ4v) is 2.91. The highest BCUT2D eigenvalue weighted by atomic mass is 32.2. The molecule has 0 saturated carbocycles. The summed E-state index contributed by atoms with van der Waals surface area (Å²) < 4.78 is 26.2. The lowest BCUT2D eigenvalue weighted by atomic mass is 10.2. The highest BCUT2D eigenvalue weighted by molar-refractivity contribution is 7.90. The number of carbonyl (C=O) groups excluding carboxylic acids is 2. The van der Waals surface area contributed by atoms with Gasteiger partial charge in [-0.05, 0) is 25.5 Å². The molecule has 1 saturated heterocycles. The Kier molecular flexibility index (Phi) is 4.46. The molecule has 21 heavy (non-hydrogen) atoms. The van der Waals surface area contributed by atoms with E-state index in [0.717, 1.165) is 5.56 Å². The van der Waals surface area contributed by atoms with Gasteiger partial charge in [-0.1, -0.05) is 17.7 Å². The van der Waals surface area contributed by atoms with Crippen molar-refractivity contribution in [1.82, 2.24) is 14.9 Å². The van der Waals surface area contributed by atoms with Gasteiger partial charge in [0.25, 0.3) is 10.0 Å². The van der Waals surface area contributed by atoms with Crippen molar-refractivity contribution in [3.05, 3.63) is 29.8 Å². The lowest BCUT2D eigenvalue weighted by molar-refractivity contribution is -0.121. The summed E-state index contributed by atoms with van der Waals surface area (Å²) in [5.74, 6) is -0.296. The number of urea groups is 1. The minimum Gasteiger partial charge on any atom is -0.354 e. The quantitative estimate of drug-likeness (QED) is 0.816. The normalized spacial score (nSPS) is 16.0. The maximum absolute atomic E-state index is 12.1. The van der Waals surface area contributed by atoms with Gasteiger partial charge >= 0.3 is 6.03 Å². The molecule has 1 aliphatic heterocycles. The lowest BCUT2D eigenvalue weighted by Gasteiger charge is -2.19. The van der Waals surface area contributed by atoms with Crippen molar-refractivity contribution in [3.63, 3.8) is 0 Å². The molecule has 114 valence electrons. The van der Waals surface area contributed by atoms with Crippen molar-refractivity contribution in [2.45, 2.75) is 18.2 Å². The SMILES string of the molecule is Cc1ccc(S(=O)(=O)NC(=O)N2CCCNC(=O)C2)cc1. The summed E-state index contributed by atoms with van der Waals surface area (Å²) in [7, 11) is -3.93. The summed E-state index contributed by atoms with van der Waals surface area (Å²) in [5.41, 5.74) is 0.921. The number of hydrogen-bond donors (Lipinski definition) is 2. The number of sulfonamides is 1. The summed E-state index contributed by atoms with van der Waals surface area (Å²) in [6.07, 6.45) is 0.587. The van der Waals surface area contributed by atoms with Crippen LogP contribution >= 0.6 is 0 Å². The van der Waals surface area contributed by atoms with Crippen LogP contribution in [0.3, 0.4) is 0 Å². The Morgan fingerprint density at radius 2 is 1.95 bits per heavy atom. The first kappa shape index (κ1) is 15.3. The molecule has 2 rings (SSSR count). The number of nitrogens with one attached hydrogen (secondary N) is 2. The Labute approximate surface area is 123 Å². The van der Waals surface area contributed by atoms with Gasteiger partial charge in [0.2, 0.25) is 5.91 Å². The Bertz CT molecular complexity index is 640. The second-order valence-corrected chi connectivity index (χ2v) is 6.53. The number of rotatable bonds is 2. The van der Waals surface area contributed by atoms with E-state index >= 15 is 0 Å². The molecule has 1 aliphatic rings. The van der Waals surface area contributed by atoms with E-state index in [4.69, 9.17) is 0 Å². The number of hydrogen-bond acceptors (Lipinski definition) is 4. The molecule has 0 aromatic heterocycles. The van der Waals surface area contributed by atoms with E-state index in [0.29, 0.717) is 19.5 Å². The number of amides is 3. The van der Waals surface area contributed by atoms with Crippen LogP contribution in [0.2, 0.25) is 0 Å². The molecule has 0 bridgehead atoms. The van der Waals surface area contributed by atoms with Crippen molar-refractivity contribution in [2.24, 2.45) is 0 Å². The van der Waals surface area contributed by atoms with Gasteiger partial charge in [0.15, 0.2) is 0 Å². The first-order valence-electron chi connectivity index (χ1n) is 6.53. The maximum atomic E-state index is 12.1. The second kappa shape index (κ2) is 6.13. The van der Waals surface area contributed by atoms with Gasteiger partial charge in [0.05, 0.1) is 4.90 Å². The van der Waals surface area contributed by atoms with Gasteiger partial charge in [-0.3, -0.25) is 4.79 Å². The van der Waals surface area contributed by atoms with Gasteiger partial charge in [-0.15, -0.1) is 0 Å². The standard InChI is InChI=1S/C13H17N3O4S/c1-10-3-5-11(6-4-10)21(19,20)15-13(18)16-8-2-7-14-12(17)9-16/h3-6H,2,7-9H2,1H3,(H,14,17)(H,15,18). The van der Waals surface area contributed by atoms with Crippen LogP contribution in [0.4, 0.5) is 4.79 Å². The van der Waals surface area contributed by atoms with Crippen LogP contribution in [0, 0.1) is 6.92 Å². The second-order valence-electron chi connectivity index (χ2n) is 4.85. The molecular weight excluding hydrogens is 294 g/mol. The average Bonchev–Trinajstić information content (AvgIpc) is 2.63. The summed E-state index contributed by atoms with van der Waals surface area (Å²) >= 11 is 0. The third-order valence-corrected chi connectivity index (χ3v) is 4.44. The van der Waals surface area contributed by atoms with Crippen LogP contribution in [0.5, 0.6) is 0 Å². The van der Waals surface area contributed by atoms with E-state index in [2.05, 4.69) is 5.32 Å². The van der Waals surface area contributed by atoms with E-state index in [-0.39, 0.29) is 17.3 Å². The highest BCUT2D eigenvalue weighted by Crippen LogP contribution is 2.10. The van der Waals surface area contributed by atoms with Crippen LogP contribution in [-0.2, 0) is 14.8 Å². The molecule has 2 N–H and O–H groups in total. The molecule has 0 radical (unpaired) electrons. The Morgan fingerprint density at radius 1 is 1.29 bits per heavy atom. The van der Waals surface area contributed by atoms with E-state index in [1.54, 1.807) is 12.1 Å². The fraction of sp³-hybridized carbons (Fsp3) is 0.385. The predicted molar refractivity (Wildman–Crippen MR) is 76.1 cm³/mol. The topological polar surface area (TPSA) is 95.6 Å². The van der Waals surface area contributed by atoms with Crippen molar-refractivity contribution in [1.29, 1.82) is 0 Å². The Balaban J connectivity index is 2.10. The molecule has 1 fully saturated rings. The molecule has 0 unspecified atom stereocenters. The van der Waals surface area contributed by atoms with Crippen LogP contribution < -0.4 is 10.0 Å². The molecule has 0 spiro atoms. The maximum Gasteiger partial charge on any atom is 0.331 e. The zero-order chi connectivity index (χ0) is 15.5. The average molecular weight is 311 g/mol. The van der Waals surface area contributed by atoms with E-state index in [1.807, 2.05) is 11.6 Å².